The number of anilines is 1. The van der Waals surface area contributed by atoms with Crippen molar-refractivity contribution in [2.75, 3.05) is 25.6 Å². The Kier molecular flexibility index (Phi) is 5.14. The second kappa shape index (κ2) is 6.92. The molecule has 0 atom stereocenters. The molecule has 128 valence electrons. The standard InChI is InChI=1S/C17H19NO5S/c1-12-5-8-14(9-6-12)24(20,21)18(2)13-7-10-15(17(19)23-4)16(11-13)22-3/h5-11H,1-4H3. The molecular weight excluding hydrogens is 330 g/mol. The topological polar surface area (TPSA) is 72.9 Å². The highest BCUT2D eigenvalue weighted by Crippen LogP contribution is 2.29. The van der Waals surface area contributed by atoms with Crippen LogP contribution in [0.25, 0.3) is 0 Å². The lowest BCUT2D eigenvalue weighted by Gasteiger charge is -2.20. The molecule has 0 aliphatic heterocycles. The molecule has 0 bridgehead atoms. The molecule has 2 rings (SSSR count). The number of methoxy groups -OCH3 is 2. The molecule has 2 aromatic carbocycles. The van der Waals surface area contributed by atoms with E-state index in [4.69, 9.17) is 4.74 Å². The smallest absolute Gasteiger partial charge is 0.341 e. The van der Waals surface area contributed by atoms with Crippen molar-refractivity contribution in [2.45, 2.75) is 11.8 Å². The number of esters is 1. The van der Waals surface area contributed by atoms with Gasteiger partial charge in [-0.2, -0.15) is 0 Å². The van der Waals surface area contributed by atoms with E-state index >= 15 is 0 Å². The molecule has 0 heterocycles. The molecule has 0 unspecified atom stereocenters. The fourth-order valence-electron chi connectivity index (χ4n) is 2.16. The first-order valence-corrected chi connectivity index (χ1v) is 8.57. The summed E-state index contributed by atoms with van der Waals surface area (Å²) in [6, 6.07) is 11.1. The summed E-state index contributed by atoms with van der Waals surface area (Å²) in [5, 5.41) is 0. The molecule has 0 spiro atoms. The largest absolute Gasteiger partial charge is 0.496 e. The van der Waals surface area contributed by atoms with Crippen molar-refractivity contribution in [1.29, 1.82) is 0 Å². The highest BCUT2D eigenvalue weighted by molar-refractivity contribution is 7.92. The minimum absolute atomic E-state index is 0.187. The Morgan fingerprint density at radius 3 is 2.21 bits per heavy atom. The molecule has 0 fully saturated rings. The van der Waals surface area contributed by atoms with Crippen LogP contribution in [0.1, 0.15) is 15.9 Å². The van der Waals surface area contributed by atoms with E-state index in [0.717, 1.165) is 9.87 Å². The molecule has 0 saturated carbocycles. The molecule has 0 aromatic heterocycles. The summed E-state index contributed by atoms with van der Waals surface area (Å²) in [6.07, 6.45) is 0. The lowest BCUT2D eigenvalue weighted by atomic mass is 10.2. The van der Waals surface area contributed by atoms with Gasteiger partial charge in [-0.05, 0) is 31.2 Å². The van der Waals surface area contributed by atoms with Crippen LogP contribution in [0.2, 0.25) is 0 Å². The maximum atomic E-state index is 12.7. The first-order valence-electron chi connectivity index (χ1n) is 7.13. The van der Waals surface area contributed by atoms with E-state index in [1.54, 1.807) is 24.3 Å². The highest BCUT2D eigenvalue weighted by atomic mass is 32.2. The maximum absolute atomic E-state index is 12.7. The fraction of sp³-hybridized carbons (Fsp3) is 0.235. The minimum atomic E-state index is -3.71. The first-order chi connectivity index (χ1) is 11.3. The normalized spacial score (nSPS) is 11.0. The van der Waals surface area contributed by atoms with Crippen LogP contribution in [0.15, 0.2) is 47.4 Å². The van der Waals surface area contributed by atoms with Gasteiger partial charge >= 0.3 is 5.97 Å². The second-order valence-electron chi connectivity index (χ2n) is 5.16. The Morgan fingerprint density at radius 1 is 1.04 bits per heavy atom. The van der Waals surface area contributed by atoms with Crippen molar-refractivity contribution in [3.05, 3.63) is 53.6 Å². The van der Waals surface area contributed by atoms with Gasteiger partial charge in [0.1, 0.15) is 11.3 Å². The number of rotatable bonds is 5. The number of carbonyl (C=O) groups is 1. The molecule has 0 saturated heterocycles. The van der Waals surface area contributed by atoms with Gasteiger partial charge in [-0.3, -0.25) is 4.31 Å². The summed E-state index contributed by atoms with van der Waals surface area (Å²) in [5.74, 6) is -0.312. The second-order valence-corrected chi connectivity index (χ2v) is 7.13. The zero-order valence-corrected chi connectivity index (χ0v) is 14.8. The lowest BCUT2D eigenvalue weighted by molar-refractivity contribution is 0.0597. The lowest BCUT2D eigenvalue weighted by Crippen LogP contribution is -2.26. The van der Waals surface area contributed by atoms with E-state index in [0.29, 0.717) is 5.69 Å². The van der Waals surface area contributed by atoms with Gasteiger partial charge in [0.25, 0.3) is 10.0 Å². The SMILES string of the molecule is COC(=O)c1ccc(N(C)S(=O)(=O)c2ccc(C)cc2)cc1OC. The molecule has 2 aromatic rings. The number of nitrogens with zero attached hydrogens (tertiary/aromatic N) is 1. The molecule has 0 radical (unpaired) electrons. The van der Waals surface area contributed by atoms with E-state index in [2.05, 4.69) is 4.74 Å². The third-order valence-electron chi connectivity index (χ3n) is 3.63. The Balaban J connectivity index is 2.43. The van der Waals surface area contributed by atoms with Crippen molar-refractivity contribution < 1.29 is 22.7 Å². The van der Waals surface area contributed by atoms with E-state index in [-0.39, 0.29) is 16.2 Å². The van der Waals surface area contributed by atoms with E-state index in [1.807, 2.05) is 6.92 Å². The highest BCUT2D eigenvalue weighted by Gasteiger charge is 2.23. The van der Waals surface area contributed by atoms with Crippen molar-refractivity contribution >= 4 is 21.7 Å². The third kappa shape index (κ3) is 3.35. The Morgan fingerprint density at radius 2 is 1.67 bits per heavy atom. The van der Waals surface area contributed by atoms with Crippen LogP contribution in [-0.2, 0) is 14.8 Å². The quantitative estimate of drug-likeness (QED) is 0.776. The van der Waals surface area contributed by atoms with Gasteiger partial charge in [0.05, 0.1) is 24.8 Å². The van der Waals surface area contributed by atoms with Gasteiger partial charge in [-0.1, -0.05) is 17.7 Å². The van der Waals surface area contributed by atoms with Gasteiger partial charge < -0.3 is 9.47 Å². The van der Waals surface area contributed by atoms with Gasteiger partial charge in [-0.25, -0.2) is 13.2 Å². The fourth-order valence-corrected chi connectivity index (χ4v) is 3.35. The van der Waals surface area contributed by atoms with Gasteiger partial charge in [0, 0.05) is 13.1 Å². The average Bonchev–Trinajstić information content (AvgIpc) is 2.60. The predicted molar refractivity (Wildman–Crippen MR) is 91.1 cm³/mol. The summed E-state index contributed by atoms with van der Waals surface area (Å²) < 4.78 is 36.4. The monoisotopic (exact) mass is 349 g/mol. The maximum Gasteiger partial charge on any atom is 0.341 e. The number of benzene rings is 2. The molecule has 0 amide bonds. The van der Waals surface area contributed by atoms with Crippen LogP contribution in [-0.4, -0.2) is 35.7 Å². The van der Waals surface area contributed by atoms with Crippen LogP contribution >= 0.6 is 0 Å². The number of ether oxygens (including phenoxy) is 2. The molecule has 6 nitrogen and oxygen atoms in total. The average molecular weight is 349 g/mol. The minimum Gasteiger partial charge on any atom is -0.496 e. The summed E-state index contributed by atoms with van der Waals surface area (Å²) in [5.41, 5.74) is 1.57. The summed E-state index contributed by atoms with van der Waals surface area (Å²) in [7, 11) is 0.406. The Hall–Kier alpha value is -2.54. The van der Waals surface area contributed by atoms with Crippen LogP contribution in [0.3, 0.4) is 0 Å². The van der Waals surface area contributed by atoms with Gasteiger partial charge in [0.2, 0.25) is 0 Å². The van der Waals surface area contributed by atoms with Crippen LogP contribution < -0.4 is 9.04 Å². The molecule has 7 heteroatoms. The molecule has 0 N–H and O–H groups in total. The number of sulfonamides is 1. The number of hydrogen-bond acceptors (Lipinski definition) is 5. The van der Waals surface area contributed by atoms with Gasteiger partial charge in [-0.15, -0.1) is 0 Å². The zero-order chi connectivity index (χ0) is 17.9. The van der Waals surface area contributed by atoms with Crippen LogP contribution in [0.5, 0.6) is 5.75 Å². The van der Waals surface area contributed by atoms with Crippen molar-refractivity contribution in [2.24, 2.45) is 0 Å². The number of carbonyl (C=O) groups excluding carboxylic acids is 1. The van der Waals surface area contributed by atoms with Crippen LogP contribution in [0.4, 0.5) is 5.69 Å². The summed E-state index contributed by atoms with van der Waals surface area (Å²) >= 11 is 0. The van der Waals surface area contributed by atoms with E-state index in [1.165, 1.54) is 39.5 Å². The van der Waals surface area contributed by atoms with Gasteiger partial charge in [0.15, 0.2) is 0 Å². The molecule has 24 heavy (non-hydrogen) atoms. The van der Waals surface area contributed by atoms with E-state index < -0.39 is 16.0 Å². The number of hydrogen-bond donors (Lipinski definition) is 0. The predicted octanol–water partition coefficient (Wildman–Crippen LogP) is 2.62. The number of aryl methyl sites for hydroxylation is 1. The first kappa shape index (κ1) is 17.8. The molecular formula is C17H19NO5S. The van der Waals surface area contributed by atoms with Crippen LogP contribution in [0, 0.1) is 6.92 Å². The zero-order valence-electron chi connectivity index (χ0n) is 13.9. The van der Waals surface area contributed by atoms with Crippen molar-refractivity contribution in [1.82, 2.24) is 0 Å². The van der Waals surface area contributed by atoms with Crippen molar-refractivity contribution in [3.63, 3.8) is 0 Å². The third-order valence-corrected chi connectivity index (χ3v) is 5.43. The van der Waals surface area contributed by atoms with E-state index in [9.17, 15) is 13.2 Å². The molecule has 0 aliphatic carbocycles. The summed E-state index contributed by atoms with van der Waals surface area (Å²) in [4.78, 5) is 11.9. The molecule has 0 aliphatic rings. The Bertz CT molecular complexity index is 844. The Labute approximate surface area is 141 Å². The van der Waals surface area contributed by atoms with Crippen molar-refractivity contribution in [3.8, 4) is 5.75 Å². The summed E-state index contributed by atoms with van der Waals surface area (Å²) in [6.45, 7) is 1.89.